The first kappa shape index (κ1) is 15.8. The molecule has 0 N–H and O–H groups in total. The van der Waals surface area contributed by atoms with Gasteiger partial charge in [-0.05, 0) is 24.6 Å². The van der Waals surface area contributed by atoms with Gasteiger partial charge >= 0.3 is 0 Å². The van der Waals surface area contributed by atoms with Crippen LogP contribution in [0.25, 0.3) is 0 Å². The van der Waals surface area contributed by atoms with Crippen molar-refractivity contribution in [3.8, 4) is 11.8 Å². The topological polar surface area (TPSA) is 76.4 Å². The van der Waals surface area contributed by atoms with Crippen LogP contribution in [0.5, 0.6) is 5.75 Å². The van der Waals surface area contributed by atoms with Crippen LogP contribution in [-0.2, 0) is 14.6 Å². The van der Waals surface area contributed by atoms with E-state index in [0.29, 0.717) is 12.4 Å². The standard InChI is InChI=1S/C15H19NO4S/c1-4-20-10-15(9-16)13(14(15)21(3,17)18)11-5-7-12(19-2)8-6-11/h5-8,13-14H,4,10H2,1-3H3/t13-,14+,15-/m1/s1. The summed E-state index contributed by atoms with van der Waals surface area (Å²) in [6.45, 7) is 2.41. The largest absolute Gasteiger partial charge is 0.497 e. The molecule has 3 atom stereocenters. The first-order valence-electron chi connectivity index (χ1n) is 6.72. The van der Waals surface area contributed by atoms with Gasteiger partial charge in [-0.2, -0.15) is 5.26 Å². The van der Waals surface area contributed by atoms with Gasteiger partial charge < -0.3 is 9.47 Å². The van der Waals surface area contributed by atoms with Crippen molar-refractivity contribution in [2.75, 3.05) is 26.6 Å². The van der Waals surface area contributed by atoms with Crippen LogP contribution in [0, 0.1) is 16.7 Å². The van der Waals surface area contributed by atoms with Gasteiger partial charge in [-0.15, -0.1) is 0 Å². The van der Waals surface area contributed by atoms with Gasteiger partial charge in [0, 0.05) is 18.8 Å². The van der Waals surface area contributed by atoms with E-state index in [2.05, 4.69) is 6.07 Å². The van der Waals surface area contributed by atoms with E-state index in [-0.39, 0.29) is 12.5 Å². The molecule has 1 saturated carbocycles. The van der Waals surface area contributed by atoms with Gasteiger partial charge in [0.1, 0.15) is 11.2 Å². The minimum Gasteiger partial charge on any atom is -0.497 e. The van der Waals surface area contributed by atoms with Gasteiger partial charge in [-0.25, -0.2) is 8.42 Å². The quantitative estimate of drug-likeness (QED) is 0.800. The number of rotatable bonds is 6. The molecule has 0 amide bonds. The summed E-state index contributed by atoms with van der Waals surface area (Å²) in [7, 11) is -1.76. The zero-order valence-electron chi connectivity index (χ0n) is 12.4. The highest BCUT2D eigenvalue weighted by Crippen LogP contribution is 2.62. The van der Waals surface area contributed by atoms with E-state index in [1.807, 2.05) is 19.1 Å². The molecule has 114 valence electrons. The lowest BCUT2D eigenvalue weighted by atomic mass is 10.0. The molecular weight excluding hydrogens is 290 g/mol. The molecule has 1 fully saturated rings. The maximum atomic E-state index is 12.0. The number of hydrogen-bond acceptors (Lipinski definition) is 5. The number of sulfone groups is 1. The molecule has 0 saturated heterocycles. The molecule has 2 rings (SSSR count). The lowest BCUT2D eigenvalue weighted by Crippen LogP contribution is -2.18. The number of benzene rings is 1. The molecule has 0 aliphatic heterocycles. The van der Waals surface area contributed by atoms with Crippen molar-refractivity contribution in [2.24, 2.45) is 5.41 Å². The molecule has 0 bridgehead atoms. The van der Waals surface area contributed by atoms with Crippen molar-refractivity contribution in [3.05, 3.63) is 29.8 Å². The molecule has 1 aromatic rings. The summed E-state index contributed by atoms with van der Waals surface area (Å²) in [5.41, 5.74) is -0.162. The summed E-state index contributed by atoms with van der Waals surface area (Å²) in [5.74, 6) is 0.345. The van der Waals surface area contributed by atoms with E-state index in [4.69, 9.17) is 9.47 Å². The maximum Gasteiger partial charge on any atom is 0.152 e. The minimum absolute atomic E-state index is 0.133. The molecule has 0 aromatic heterocycles. The van der Waals surface area contributed by atoms with Crippen LogP contribution in [-0.4, -0.2) is 40.2 Å². The average molecular weight is 309 g/mol. The summed E-state index contributed by atoms with van der Waals surface area (Å²) in [6.07, 6.45) is 1.18. The van der Waals surface area contributed by atoms with Crippen LogP contribution in [0.4, 0.5) is 0 Å². The second-order valence-corrected chi connectivity index (χ2v) is 7.46. The van der Waals surface area contributed by atoms with E-state index >= 15 is 0 Å². The number of nitrogens with zero attached hydrogens (tertiary/aromatic N) is 1. The monoisotopic (exact) mass is 309 g/mol. The van der Waals surface area contributed by atoms with Crippen LogP contribution in [0.2, 0.25) is 0 Å². The van der Waals surface area contributed by atoms with Crippen LogP contribution in [0.3, 0.4) is 0 Å². The summed E-state index contributed by atoms with van der Waals surface area (Å²) in [4.78, 5) is 0. The van der Waals surface area contributed by atoms with Crippen molar-refractivity contribution in [1.29, 1.82) is 5.26 Å². The molecule has 0 unspecified atom stereocenters. The van der Waals surface area contributed by atoms with E-state index in [0.717, 1.165) is 5.56 Å². The van der Waals surface area contributed by atoms with E-state index < -0.39 is 20.5 Å². The Morgan fingerprint density at radius 1 is 1.33 bits per heavy atom. The number of ether oxygens (including phenoxy) is 2. The number of methoxy groups -OCH3 is 1. The van der Waals surface area contributed by atoms with E-state index in [1.165, 1.54) is 6.26 Å². The Hall–Kier alpha value is -1.58. The summed E-state index contributed by atoms with van der Waals surface area (Å²) in [5, 5.41) is 8.82. The number of nitriles is 1. The van der Waals surface area contributed by atoms with Gasteiger partial charge in [0.25, 0.3) is 0 Å². The Bertz CT molecular complexity index is 647. The Morgan fingerprint density at radius 3 is 2.38 bits per heavy atom. The van der Waals surface area contributed by atoms with Crippen molar-refractivity contribution in [3.63, 3.8) is 0 Å². The molecule has 5 nitrogen and oxygen atoms in total. The van der Waals surface area contributed by atoms with Gasteiger partial charge in [0.2, 0.25) is 0 Å². The highest BCUT2D eigenvalue weighted by Gasteiger charge is 2.71. The molecule has 6 heteroatoms. The molecule has 0 heterocycles. The van der Waals surface area contributed by atoms with Crippen LogP contribution in [0.15, 0.2) is 24.3 Å². The molecule has 21 heavy (non-hydrogen) atoms. The van der Waals surface area contributed by atoms with Crippen LogP contribution in [0.1, 0.15) is 18.4 Å². The molecule has 1 aromatic carbocycles. The van der Waals surface area contributed by atoms with Gasteiger partial charge in [-0.1, -0.05) is 12.1 Å². The molecular formula is C15H19NO4S. The van der Waals surface area contributed by atoms with Crippen molar-refractivity contribution in [2.45, 2.75) is 18.1 Å². The van der Waals surface area contributed by atoms with Crippen molar-refractivity contribution >= 4 is 9.84 Å². The number of hydrogen-bond donors (Lipinski definition) is 0. The molecule has 1 aliphatic carbocycles. The predicted molar refractivity (Wildman–Crippen MR) is 78.9 cm³/mol. The lowest BCUT2D eigenvalue weighted by molar-refractivity contribution is 0.117. The highest BCUT2D eigenvalue weighted by molar-refractivity contribution is 7.91. The first-order chi connectivity index (χ1) is 9.90. The predicted octanol–water partition coefficient (Wildman–Crippen LogP) is 1.75. The van der Waals surface area contributed by atoms with Crippen LogP contribution >= 0.6 is 0 Å². The Morgan fingerprint density at radius 2 is 1.95 bits per heavy atom. The normalized spacial score (nSPS) is 27.9. The zero-order valence-corrected chi connectivity index (χ0v) is 13.2. The van der Waals surface area contributed by atoms with Crippen molar-refractivity contribution < 1.29 is 17.9 Å². The van der Waals surface area contributed by atoms with Crippen molar-refractivity contribution in [1.82, 2.24) is 0 Å². The fourth-order valence-corrected chi connectivity index (χ4v) is 4.77. The maximum absolute atomic E-state index is 12.0. The van der Waals surface area contributed by atoms with Crippen LogP contribution < -0.4 is 4.74 Å². The van der Waals surface area contributed by atoms with Gasteiger partial charge in [0.15, 0.2) is 9.84 Å². The molecule has 1 aliphatic rings. The minimum atomic E-state index is -3.33. The second-order valence-electron chi connectivity index (χ2n) is 5.29. The highest BCUT2D eigenvalue weighted by atomic mass is 32.2. The Labute approximate surface area is 125 Å². The third-order valence-corrected chi connectivity index (χ3v) is 5.56. The lowest BCUT2D eigenvalue weighted by Gasteiger charge is -2.09. The third kappa shape index (κ3) is 2.76. The first-order valence-corrected chi connectivity index (χ1v) is 8.68. The van der Waals surface area contributed by atoms with E-state index in [9.17, 15) is 13.7 Å². The second kappa shape index (κ2) is 5.66. The average Bonchev–Trinajstić information content (AvgIpc) is 3.15. The third-order valence-electron chi connectivity index (χ3n) is 3.95. The summed E-state index contributed by atoms with van der Waals surface area (Å²) >= 11 is 0. The fourth-order valence-electron chi connectivity index (χ4n) is 2.93. The molecule has 0 radical (unpaired) electrons. The Kier molecular flexibility index (Phi) is 4.26. The zero-order chi connectivity index (χ0) is 15.7. The van der Waals surface area contributed by atoms with Gasteiger partial charge in [-0.3, -0.25) is 0 Å². The SMILES string of the molecule is CCOC[C@]1(C#N)[C@H](c2ccc(OC)cc2)[C@@H]1S(C)(=O)=O. The summed E-state index contributed by atoms with van der Waals surface area (Å²) in [6, 6.07) is 9.36. The Balaban J connectivity index is 2.37. The summed E-state index contributed by atoms with van der Waals surface area (Å²) < 4.78 is 34.5. The van der Waals surface area contributed by atoms with E-state index in [1.54, 1.807) is 19.2 Å². The van der Waals surface area contributed by atoms with Gasteiger partial charge in [0.05, 0.1) is 25.0 Å². The smallest absolute Gasteiger partial charge is 0.152 e. The fraction of sp³-hybridized carbons (Fsp3) is 0.533. The molecule has 0 spiro atoms.